The first-order chi connectivity index (χ1) is 17.7. The first-order valence-electron chi connectivity index (χ1n) is 12.8. The van der Waals surface area contributed by atoms with E-state index in [2.05, 4.69) is 5.32 Å². The fourth-order valence-corrected chi connectivity index (χ4v) is 5.49. The van der Waals surface area contributed by atoms with Crippen molar-refractivity contribution in [3.05, 3.63) is 0 Å². The second-order valence-corrected chi connectivity index (χ2v) is 13.4. The van der Waals surface area contributed by atoms with E-state index in [1.165, 1.54) is 41.5 Å². The predicted octanol–water partition coefficient (Wildman–Crippen LogP) is 2.78. The van der Waals surface area contributed by atoms with Crippen LogP contribution in [0.25, 0.3) is 0 Å². The third-order valence-electron chi connectivity index (χ3n) is 6.68. The molecule has 0 heterocycles. The average Bonchev–Trinajstić information content (AvgIpc) is 2.73. The van der Waals surface area contributed by atoms with Crippen molar-refractivity contribution in [3.63, 3.8) is 0 Å². The summed E-state index contributed by atoms with van der Waals surface area (Å²) in [4.78, 5) is 39.2. The molecule has 0 bridgehead atoms. The summed E-state index contributed by atoms with van der Waals surface area (Å²) >= 11 is 0. The topological polar surface area (TPSA) is 177 Å². The van der Waals surface area contributed by atoms with Crippen LogP contribution in [0.2, 0.25) is 0 Å². The second-order valence-electron chi connectivity index (χ2n) is 11.9. The van der Waals surface area contributed by atoms with Gasteiger partial charge in [0.1, 0.15) is 12.7 Å². The molecule has 0 aromatic rings. The maximum Gasteiger partial charge on any atom is 0.417 e. The number of carbonyl (C=O) groups is 3. The molecule has 236 valence electrons. The van der Waals surface area contributed by atoms with Crippen LogP contribution in [0.4, 0.5) is 13.2 Å². The molecular formula is C25H44F3NO10S. The lowest BCUT2D eigenvalue weighted by Gasteiger charge is -2.38. The van der Waals surface area contributed by atoms with E-state index in [0.29, 0.717) is 6.92 Å². The number of halogens is 3. The molecular weight excluding hydrogens is 563 g/mol. The van der Waals surface area contributed by atoms with Crippen LogP contribution in [0.15, 0.2) is 0 Å². The standard InChI is InChI=1S/C25H44F3NO10S/c1-9-22(6,20(33)39-17(3)13-24(8,34)25(26,27)28)14-23(7,19(32)38-11-10-30)12-16(2)18(31)29-21(4,5)15-40(35,36)37/h16-17,30,34H,9-15H2,1-8H3,(H,29,31)(H,35,36,37). The summed E-state index contributed by atoms with van der Waals surface area (Å²) in [5.41, 5.74) is -7.44. The molecule has 40 heavy (non-hydrogen) atoms. The van der Waals surface area contributed by atoms with Crippen molar-refractivity contribution in [3.8, 4) is 0 Å². The van der Waals surface area contributed by atoms with E-state index in [9.17, 15) is 41.1 Å². The number of hydrogen-bond donors (Lipinski definition) is 4. The summed E-state index contributed by atoms with van der Waals surface area (Å²) in [5.74, 6) is -4.14. The van der Waals surface area contributed by atoms with Crippen LogP contribution >= 0.6 is 0 Å². The zero-order valence-corrected chi connectivity index (χ0v) is 25.2. The van der Waals surface area contributed by atoms with Crippen LogP contribution in [0.1, 0.15) is 81.1 Å². The van der Waals surface area contributed by atoms with Gasteiger partial charge >= 0.3 is 18.1 Å². The smallest absolute Gasteiger partial charge is 0.417 e. The molecule has 0 radical (unpaired) electrons. The highest BCUT2D eigenvalue weighted by Gasteiger charge is 2.52. The fourth-order valence-electron chi connectivity index (χ4n) is 4.50. The van der Waals surface area contributed by atoms with Gasteiger partial charge in [-0.1, -0.05) is 13.8 Å². The van der Waals surface area contributed by atoms with Crippen molar-refractivity contribution in [1.82, 2.24) is 5.32 Å². The number of carbonyl (C=O) groups excluding carboxylic acids is 3. The number of amides is 1. The largest absolute Gasteiger partial charge is 0.463 e. The lowest BCUT2D eigenvalue weighted by Crippen LogP contribution is -2.51. The number of alkyl halides is 3. The summed E-state index contributed by atoms with van der Waals surface area (Å²) in [5, 5.41) is 21.3. The Morgan fingerprint density at radius 1 is 0.950 bits per heavy atom. The predicted molar refractivity (Wildman–Crippen MR) is 138 cm³/mol. The van der Waals surface area contributed by atoms with Crippen molar-refractivity contribution in [1.29, 1.82) is 0 Å². The number of rotatable bonds is 16. The van der Waals surface area contributed by atoms with Crippen LogP contribution in [0.3, 0.4) is 0 Å². The molecule has 0 saturated carbocycles. The third kappa shape index (κ3) is 11.9. The number of hydrogen-bond acceptors (Lipinski definition) is 9. The normalized spacial score (nSPS) is 18.9. The average molecular weight is 608 g/mol. The lowest BCUT2D eigenvalue weighted by molar-refractivity contribution is -0.261. The van der Waals surface area contributed by atoms with Crippen LogP contribution in [-0.4, -0.2) is 83.4 Å². The van der Waals surface area contributed by atoms with E-state index in [4.69, 9.17) is 19.1 Å². The molecule has 0 saturated heterocycles. The zero-order valence-electron chi connectivity index (χ0n) is 24.3. The summed E-state index contributed by atoms with van der Waals surface area (Å²) in [6.45, 7) is 9.59. The lowest BCUT2D eigenvalue weighted by atomic mass is 9.68. The van der Waals surface area contributed by atoms with Crippen molar-refractivity contribution in [2.75, 3.05) is 19.0 Å². The Morgan fingerprint density at radius 3 is 1.90 bits per heavy atom. The molecule has 1 amide bonds. The van der Waals surface area contributed by atoms with E-state index >= 15 is 0 Å². The van der Waals surface area contributed by atoms with E-state index < -0.39 is 86.9 Å². The van der Waals surface area contributed by atoms with Gasteiger partial charge in [0.15, 0.2) is 5.60 Å². The molecule has 0 aliphatic heterocycles. The number of aliphatic hydroxyl groups excluding tert-OH is 1. The molecule has 4 N–H and O–H groups in total. The Labute approximate surface area is 233 Å². The Morgan fingerprint density at radius 2 is 1.48 bits per heavy atom. The van der Waals surface area contributed by atoms with E-state index in [1.54, 1.807) is 6.92 Å². The fraction of sp³-hybridized carbons (Fsp3) is 0.880. The molecule has 5 unspecified atom stereocenters. The maximum atomic E-state index is 13.2. The molecule has 0 aliphatic rings. The number of nitrogens with one attached hydrogen (secondary N) is 1. The van der Waals surface area contributed by atoms with E-state index in [1.807, 2.05) is 0 Å². The first kappa shape index (κ1) is 38.0. The quantitative estimate of drug-likeness (QED) is 0.151. The van der Waals surface area contributed by atoms with Gasteiger partial charge in [-0.15, -0.1) is 0 Å². The molecule has 0 aromatic heterocycles. The van der Waals surface area contributed by atoms with Gasteiger partial charge in [-0.2, -0.15) is 21.6 Å². The molecule has 15 heteroatoms. The molecule has 0 fully saturated rings. The van der Waals surface area contributed by atoms with Crippen molar-refractivity contribution >= 4 is 28.0 Å². The number of esters is 2. The SMILES string of the molecule is CCC(C)(CC(C)(CC(C)C(=O)NC(C)(C)CS(=O)(=O)O)C(=O)OCCO)C(=O)OC(C)CC(C)(O)C(F)(F)F. The Hall–Kier alpha value is -1.97. The summed E-state index contributed by atoms with van der Waals surface area (Å²) in [7, 11) is -4.42. The molecule has 0 rings (SSSR count). The molecule has 0 aliphatic carbocycles. The Kier molecular flexibility index (Phi) is 13.1. The summed E-state index contributed by atoms with van der Waals surface area (Å²) in [6, 6.07) is 0. The Balaban J connectivity index is 5.99. The maximum absolute atomic E-state index is 13.2. The minimum Gasteiger partial charge on any atom is -0.463 e. The highest BCUT2D eigenvalue weighted by molar-refractivity contribution is 7.85. The first-order valence-corrected chi connectivity index (χ1v) is 14.4. The van der Waals surface area contributed by atoms with Gasteiger partial charge in [-0.25, -0.2) is 0 Å². The van der Waals surface area contributed by atoms with Gasteiger partial charge in [0, 0.05) is 12.3 Å². The van der Waals surface area contributed by atoms with Gasteiger partial charge in [0.2, 0.25) is 5.91 Å². The van der Waals surface area contributed by atoms with Gasteiger partial charge in [-0.3, -0.25) is 18.9 Å². The van der Waals surface area contributed by atoms with E-state index in [-0.39, 0.29) is 25.9 Å². The van der Waals surface area contributed by atoms with Crippen LogP contribution < -0.4 is 5.32 Å². The monoisotopic (exact) mass is 607 g/mol. The van der Waals surface area contributed by atoms with Gasteiger partial charge < -0.3 is 25.0 Å². The van der Waals surface area contributed by atoms with Crippen LogP contribution in [-0.2, 0) is 34.0 Å². The molecule has 0 spiro atoms. The summed E-state index contributed by atoms with van der Waals surface area (Å²) < 4.78 is 81.3. The van der Waals surface area contributed by atoms with Gasteiger partial charge in [-0.05, 0) is 60.8 Å². The number of aliphatic hydroxyl groups is 2. The molecule has 0 aromatic carbocycles. The number of ether oxygens (including phenoxy) is 2. The zero-order chi connectivity index (χ0) is 32.0. The minimum atomic E-state index is -4.95. The van der Waals surface area contributed by atoms with Gasteiger partial charge in [0.05, 0.1) is 28.7 Å². The second kappa shape index (κ2) is 13.8. The van der Waals surface area contributed by atoms with Crippen molar-refractivity contribution < 1.29 is 60.2 Å². The van der Waals surface area contributed by atoms with Crippen LogP contribution in [0, 0.1) is 16.7 Å². The summed E-state index contributed by atoms with van der Waals surface area (Å²) in [6.07, 6.45) is -7.59. The molecule has 5 atom stereocenters. The highest BCUT2D eigenvalue weighted by Crippen LogP contribution is 2.43. The Bertz CT molecular complexity index is 999. The van der Waals surface area contributed by atoms with Gasteiger partial charge in [0.25, 0.3) is 10.1 Å². The highest BCUT2D eigenvalue weighted by atomic mass is 32.2. The third-order valence-corrected chi connectivity index (χ3v) is 7.77. The van der Waals surface area contributed by atoms with Crippen molar-refractivity contribution in [2.24, 2.45) is 16.7 Å². The van der Waals surface area contributed by atoms with Crippen LogP contribution in [0.5, 0.6) is 0 Å². The van der Waals surface area contributed by atoms with E-state index in [0.717, 1.165) is 0 Å². The molecule has 11 nitrogen and oxygen atoms in total. The van der Waals surface area contributed by atoms with Crippen molar-refractivity contribution in [2.45, 2.75) is 104 Å². The minimum absolute atomic E-state index is 0.0824.